The molecular weight excluding hydrogens is 248 g/mol. The Bertz CT molecular complexity index is 408. The molecule has 1 aromatic rings. The Labute approximate surface area is 103 Å². The number of carbonyl (C=O) groups excluding carboxylic acids is 1. The van der Waals surface area contributed by atoms with Crippen molar-refractivity contribution in [2.45, 2.75) is 6.42 Å². The quantitative estimate of drug-likeness (QED) is 0.613. The van der Waals surface area contributed by atoms with Gasteiger partial charge in [-0.05, 0) is 11.7 Å². The Balaban J connectivity index is 2.27. The first-order chi connectivity index (χ1) is 7.60. The van der Waals surface area contributed by atoms with Gasteiger partial charge in [0.25, 0.3) is 0 Å². The highest BCUT2D eigenvalue weighted by atomic mass is 35.5. The molecule has 5 nitrogen and oxygen atoms in total. The topological polar surface area (TPSA) is 72.1 Å². The van der Waals surface area contributed by atoms with Crippen molar-refractivity contribution in [2.75, 3.05) is 22.9 Å². The Morgan fingerprint density at radius 2 is 2.38 bits per heavy atom. The fraction of sp³-hybridized carbons (Fsp3) is 0.444. The third-order valence-corrected chi connectivity index (χ3v) is 3.12. The second-order valence-corrected chi connectivity index (χ2v) is 4.42. The Hall–Kier alpha value is -1.01. The lowest BCUT2D eigenvalue weighted by Gasteiger charge is -2.14. The van der Waals surface area contributed by atoms with E-state index in [1.165, 1.54) is 11.0 Å². The molecule has 1 atom stereocenters. The van der Waals surface area contributed by atoms with Crippen molar-refractivity contribution < 1.29 is 4.79 Å². The van der Waals surface area contributed by atoms with E-state index in [1.807, 2.05) is 0 Å². The van der Waals surface area contributed by atoms with Crippen LogP contribution in [0.2, 0.25) is 5.15 Å². The predicted octanol–water partition coefficient (Wildman–Crippen LogP) is 0.995. The van der Waals surface area contributed by atoms with Crippen LogP contribution in [0, 0.1) is 5.92 Å². The van der Waals surface area contributed by atoms with Crippen molar-refractivity contribution in [3.63, 3.8) is 0 Å². The van der Waals surface area contributed by atoms with E-state index in [0.717, 1.165) is 0 Å². The van der Waals surface area contributed by atoms with E-state index in [0.29, 0.717) is 18.7 Å². The third-order valence-electron chi connectivity index (χ3n) is 2.41. The molecule has 0 bridgehead atoms. The summed E-state index contributed by atoms with van der Waals surface area (Å²) < 4.78 is 0. The minimum atomic E-state index is -0.0132. The largest absolute Gasteiger partial charge is 0.383 e. The van der Waals surface area contributed by atoms with E-state index < -0.39 is 0 Å². The van der Waals surface area contributed by atoms with Gasteiger partial charge in [-0.3, -0.25) is 9.69 Å². The van der Waals surface area contributed by atoms with Crippen molar-refractivity contribution in [1.82, 2.24) is 9.97 Å². The monoisotopic (exact) mass is 258 g/mol. The van der Waals surface area contributed by atoms with Crippen LogP contribution in [0.15, 0.2) is 6.07 Å². The fourth-order valence-corrected chi connectivity index (χ4v) is 2.07. The first-order valence-electron chi connectivity index (χ1n) is 4.81. The summed E-state index contributed by atoms with van der Waals surface area (Å²) in [7, 11) is 0. The Morgan fingerprint density at radius 3 is 2.94 bits per heavy atom. The molecule has 2 N–H and O–H groups in total. The summed E-state index contributed by atoms with van der Waals surface area (Å²) in [6, 6.07) is 1.45. The smallest absolute Gasteiger partial charge is 0.235 e. The van der Waals surface area contributed by atoms with Gasteiger partial charge in [0, 0.05) is 19.0 Å². The van der Waals surface area contributed by atoms with Crippen LogP contribution in [0.3, 0.4) is 0 Å². The zero-order valence-electron chi connectivity index (χ0n) is 8.43. The fourth-order valence-electron chi connectivity index (χ4n) is 1.64. The van der Waals surface area contributed by atoms with Gasteiger partial charge in [-0.25, -0.2) is 4.98 Å². The highest BCUT2D eigenvalue weighted by molar-refractivity contribution is 7.80. The summed E-state index contributed by atoms with van der Waals surface area (Å²) >= 11 is 9.94. The number of nitrogens with two attached hydrogens (primary N) is 1. The van der Waals surface area contributed by atoms with E-state index in [-0.39, 0.29) is 28.7 Å². The third kappa shape index (κ3) is 2.22. The number of anilines is 2. The van der Waals surface area contributed by atoms with Crippen LogP contribution in [0.25, 0.3) is 0 Å². The van der Waals surface area contributed by atoms with Gasteiger partial charge in [0.1, 0.15) is 11.0 Å². The van der Waals surface area contributed by atoms with Gasteiger partial charge in [-0.15, -0.1) is 0 Å². The second-order valence-electron chi connectivity index (χ2n) is 3.67. The molecule has 1 aliphatic rings. The number of hydrogen-bond donors (Lipinski definition) is 2. The van der Waals surface area contributed by atoms with Crippen molar-refractivity contribution in [1.29, 1.82) is 0 Å². The molecule has 1 amide bonds. The number of carbonyl (C=O) groups is 1. The molecule has 0 radical (unpaired) electrons. The summed E-state index contributed by atoms with van der Waals surface area (Å²) in [5, 5.41) is 0.240. The van der Waals surface area contributed by atoms with Crippen LogP contribution in [0.5, 0.6) is 0 Å². The van der Waals surface area contributed by atoms with Gasteiger partial charge in [-0.2, -0.15) is 17.6 Å². The molecule has 2 heterocycles. The molecule has 0 aromatic carbocycles. The first kappa shape index (κ1) is 11.5. The number of halogens is 1. The lowest BCUT2D eigenvalue weighted by molar-refractivity contribution is -0.117. The molecule has 1 aromatic heterocycles. The molecule has 1 saturated heterocycles. The molecule has 1 fully saturated rings. The van der Waals surface area contributed by atoms with Crippen LogP contribution in [0.4, 0.5) is 11.8 Å². The zero-order valence-corrected chi connectivity index (χ0v) is 10.1. The molecule has 2 rings (SSSR count). The van der Waals surface area contributed by atoms with Crippen LogP contribution >= 0.6 is 24.2 Å². The van der Waals surface area contributed by atoms with Crippen molar-refractivity contribution in [3.8, 4) is 0 Å². The number of thiol groups is 1. The zero-order chi connectivity index (χ0) is 11.7. The highest BCUT2D eigenvalue weighted by Crippen LogP contribution is 2.24. The number of aromatic nitrogens is 2. The van der Waals surface area contributed by atoms with Crippen LogP contribution in [0.1, 0.15) is 6.42 Å². The minimum absolute atomic E-state index is 0.0132. The van der Waals surface area contributed by atoms with E-state index in [1.54, 1.807) is 0 Å². The van der Waals surface area contributed by atoms with Gasteiger partial charge in [0.15, 0.2) is 0 Å². The van der Waals surface area contributed by atoms with E-state index >= 15 is 0 Å². The molecule has 0 spiro atoms. The number of nitrogen functional groups attached to an aromatic ring is 1. The number of amides is 1. The maximum Gasteiger partial charge on any atom is 0.235 e. The molecule has 86 valence electrons. The molecule has 7 heteroatoms. The van der Waals surface area contributed by atoms with Crippen molar-refractivity contribution in [3.05, 3.63) is 11.2 Å². The number of rotatable bonds is 2. The molecule has 0 aliphatic carbocycles. The van der Waals surface area contributed by atoms with Crippen molar-refractivity contribution in [2.24, 2.45) is 5.92 Å². The van der Waals surface area contributed by atoms with Gasteiger partial charge >= 0.3 is 0 Å². The summed E-state index contributed by atoms with van der Waals surface area (Å²) in [6.07, 6.45) is 0.472. The number of hydrogen-bond acceptors (Lipinski definition) is 5. The van der Waals surface area contributed by atoms with Crippen molar-refractivity contribution >= 4 is 41.9 Å². The standard InChI is InChI=1S/C9H11ClN4OS/c10-6-2-7(11)13-9(12-6)14-3-5(4-16)1-8(14)15/h2,5,16H,1,3-4H2,(H2,11,12,13). The molecule has 1 aliphatic heterocycles. The lowest BCUT2D eigenvalue weighted by atomic mass is 10.1. The maximum atomic E-state index is 11.7. The highest BCUT2D eigenvalue weighted by Gasteiger charge is 2.31. The average molecular weight is 259 g/mol. The first-order valence-corrected chi connectivity index (χ1v) is 5.82. The summed E-state index contributed by atoms with van der Waals surface area (Å²) in [5.74, 6) is 1.43. The SMILES string of the molecule is Nc1cc(Cl)nc(N2CC(CS)CC2=O)n1. The van der Waals surface area contributed by atoms with Crippen LogP contribution in [-0.2, 0) is 4.79 Å². The summed E-state index contributed by atoms with van der Waals surface area (Å²) in [4.78, 5) is 21.2. The van der Waals surface area contributed by atoms with Crippen LogP contribution < -0.4 is 10.6 Å². The molecule has 1 unspecified atom stereocenters. The van der Waals surface area contributed by atoms with E-state index in [9.17, 15) is 4.79 Å². The normalized spacial score (nSPS) is 20.5. The van der Waals surface area contributed by atoms with Gasteiger partial charge in [-0.1, -0.05) is 11.6 Å². The summed E-state index contributed by atoms with van der Waals surface area (Å²) in [6.45, 7) is 0.572. The Kier molecular flexibility index (Phi) is 3.20. The van der Waals surface area contributed by atoms with E-state index in [2.05, 4.69) is 22.6 Å². The molecular formula is C9H11ClN4OS. The molecule has 16 heavy (non-hydrogen) atoms. The second kappa shape index (κ2) is 4.47. The van der Waals surface area contributed by atoms with E-state index in [4.69, 9.17) is 17.3 Å². The Morgan fingerprint density at radius 1 is 1.62 bits per heavy atom. The summed E-state index contributed by atoms with van der Waals surface area (Å²) in [5.41, 5.74) is 5.55. The van der Waals surface area contributed by atoms with Crippen LogP contribution in [-0.4, -0.2) is 28.2 Å². The minimum Gasteiger partial charge on any atom is -0.383 e. The van der Waals surface area contributed by atoms with Gasteiger partial charge in [0.05, 0.1) is 0 Å². The lowest BCUT2D eigenvalue weighted by Crippen LogP contribution is -2.27. The predicted molar refractivity (Wildman–Crippen MR) is 65.8 cm³/mol. The maximum absolute atomic E-state index is 11.7. The molecule has 0 saturated carbocycles. The number of nitrogens with zero attached hydrogens (tertiary/aromatic N) is 3. The van der Waals surface area contributed by atoms with Gasteiger partial charge in [0.2, 0.25) is 11.9 Å². The van der Waals surface area contributed by atoms with Gasteiger partial charge < -0.3 is 5.73 Å². The average Bonchev–Trinajstić information content (AvgIpc) is 2.58.